The Kier molecular flexibility index (Phi) is 4.02. The number of piperazine rings is 1. The lowest BCUT2D eigenvalue weighted by Crippen LogP contribution is -2.50. The Bertz CT molecular complexity index is 1030. The Balaban J connectivity index is 1.53. The maximum absolute atomic E-state index is 12.9. The van der Waals surface area contributed by atoms with Crippen LogP contribution in [-0.2, 0) is 11.2 Å². The first-order valence-corrected chi connectivity index (χ1v) is 9.49. The third kappa shape index (κ3) is 2.85. The zero-order valence-electron chi connectivity index (χ0n) is 14.7. The minimum Gasteiger partial charge on any atom is -0.479 e. The summed E-state index contributed by atoms with van der Waals surface area (Å²) in [6, 6.07) is 7.75. The van der Waals surface area contributed by atoms with E-state index in [1.807, 2.05) is 35.4 Å². The average molecular weight is 383 g/mol. The van der Waals surface area contributed by atoms with Crippen molar-refractivity contribution in [2.75, 3.05) is 26.2 Å². The number of carbonyl (C=O) groups excluding carboxylic acids is 1. The number of aromatic amines is 1. The fourth-order valence-electron chi connectivity index (χ4n) is 3.95. The topological polar surface area (TPSA) is 70.2 Å². The molecule has 1 fully saturated rings. The van der Waals surface area contributed by atoms with Crippen LogP contribution in [0.3, 0.4) is 0 Å². The van der Waals surface area contributed by atoms with Crippen molar-refractivity contribution in [3.63, 3.8) is 0 Å². The molecule has 0 bridgehead atoms. The third-order valence-electron chi connectivity index (χ3n) is 5.25. The number of nitrogens with zero attached hydrogens (tertiary/aromatic N) is 2. The molecule has 138 valence electrons. The monoisotopic (exact) mass is 382 g/mol. The van der Waals surface area contributed by atoms with Crippen LogP contribution in [0.15, 0.2) is 36.7 Å². The van der Waals surface area contributed by atoms with Crippen molar-refractivity contribution >= 4 is 28.5 Å². The second-order valence-corrected chi connectivity index (χ2v) is 7.36. The first-order valence-electron chi connectivity index (χ1n) is 9.12. The third-order valence-corrected chi connectivity index (χ3v) is 5.47. The number of carbonyl (C=O) groups is 1. The number of benzene rings is 1. The van der Waals surface area contributed by atoms with Gasteiger partial charge in [-0.25, -0.2) is 4.98 Å². The average Bonchev–Trinajstić information content (AvgIpc) is 3.34. The number of hydrogen-bond acceptors (Lipinski definition) is 4. The number of fused-ring (bicyclic) bond motifs is 2. The van der Waals surface area contributed by atoms with Crippen molar-refractivity contribution < 1.29 is 9.53 Å². The summed E-state index contributed by atoms with van der Waals surface area (Å²) >= 11 is 6.40. The van der Waals surface area contributed by atoms with Crippen molar-refractivity contribution in [1.29, 1.82) is 0 Å². The van der Waals surface area contributed by atoms with Crippen molar-refractivity contribution in [1.82, 2.24) is 20.2 Å². The summed E-state index contributed by atoms with van der Waals surface area (Å²) < 4.78 is 6.19. The highest BCUT2D eigenvalue weighted by Crippen LogP contribution is 2.43. The van der Waals surface area contributed by atoms with Gasteiger partial charge >= 0.3 is 0 Å². The lowest BCUT2D eigenvalue weighted by molar-refractivity contribution is -0.138. The van der Waals surface area contributed by atoms with Crippen LogP contribution in [0.2, 0.25) is 5.02 Å². The van der Waals surface area contributed by atoms with E-state index in [0.717, 1.165) is 59.7 Å². The second kappa shape index (κ2) is 6.55. The predicted molar refractivity (Wildman–Crippen MR) is 104 cm³/mol. The van der Waals surface area contributed by atoms with Crippen molar-refractivity contribution in [2.45, 2.75) is 12.5 Å². The highest BCUT2D eigenvalue weighted by atomic mass is 35.5. The van der Waals surface area contributed by atoms with Gasteiger partial charge < -0.3 is 19.9 Å². The Morgan fingerprint density at radius 2 is 2.07 bits per heavy atom. The molecule has 2 aliphatic rings. The molecule has 0 aliphatic carbocycles. The lowest BCUT2D eigenvalue weighted by Gasteiger charge is -2.29. The lowest BCUT2D eigenvalue weighted by atomic mass is 9.99. The van der Waals surface area contributed by atoms with Gasteiger partial charge in [-0.15, -0.1) is 0 Å². The first kappa shape index (κ1) is 16.6. The molecule has 0 unspecified atom stereocenters. The minimum absolute atomic E-state index is 0.0521. The van der Waals surface area contributed by atoms with E-state index in [4.69, 9.17) is 16.3 Å². The van der Waals surface area contributed by atoms with Crippen LogP contribution < -0.4 is 10.1 Å². The number of nitrogens with one attached hydrogen (secondary N) is 2. The normalized spacial score (nSPS) is 19.1. The molecule has 0 saturated carbocycles. The number of hydrogen-bond donors (Lipinski definition) is 2. The standard InChI is InChI=1S/C20H19ClN4O2/c21-13-9-12-10-17(20(26)25-7-5-22-6-8-25)27-18(12)16(11-13)14-1-3-23-19-15(14)2-4-24-19/h1-4,9,11,17,22H,5-8,10H2,(H,23,24)/t17-/m0/s1. The van der Waals surface area contributed by atoms with E-state index in [1.165, 1.54) is 0 Å². The molecule has 6 nitrogen and oxygen atoms in total. The smallest absolute Gasteiger partial charge is 0.264 e. The fraction of sp³-hybridized carbons (Fsp3) is 0.300. The molecule has 1 saturated heterocycles. The number of ether oxygens (including phenoxy) is 1. The molecule has 5 rings (SSSR count). The quantitative estimate of drug-likeness (QED) is 0.714. The molecule has 2 aliphatic heterocycles. The van der Waals surface area contributed by atoms with Gasteiger partial charge in [0.05, 0.1) is 0 Å². The molecule has 3 aromatic rings. The van der Waals surface area contributed by atoms with Gasteiger partial charge in [0.25, 0.3) is 5.91 Å². The number of amides is 1. The Morgan fingerprint density at radius 3 is 2.93 bits per heavy atom. The van der Waals surface area contributed by atoms with Gasteiger partial charge in [0.2, 0.25) is 0 Å². The van der Waals surface area contributed by atoms with E-state index in [9.17, 15) is 4.79 Å². The van der Waals surface area contributed by atoms with Crippen LogP contribution in [0.25, 0.3) is 22.2 Å². The number of aromatic nitrogens is 2. The van der Waals surface area contributed by atoms with Gasteiger partial charge in [-0.1, -0.05) is 11.6 Å². The van der Waals surface area contributed by atoms with Crippen LogP contribution in [0, 0.1) is 0 Å². The summed E-state index contributed by atoms with van der Waals surface area (Å²) in [4.78, 5) is 22.3. The molecular formula is C20H19ClN4O2. The summed E-state index contributed by atoms with van der Waals surface area (Å²) in [5, 5.41) is 4.91. The van der Waals surface area contributed by atoms with Crippen LogP contribution in [0.1, 0.15) is 5.56 Å². The Morgan fingerprint density at radius 1 is 1.22 bits per heavy atom. The second-order valence-electron chi connectivity index (χ2n) is 6.93. The molecule has 1 amide bonds. The summed E-state index contributed by atoms with van der Waals surface area (Å²) in [6.45, 7) is 3.09. The van der Waals surface area contributed by atoms with E-state index in [0.29, 0.717) is 11.4 Å². The van der Waals surface area contributed by atoms with Gasteiger partial charge in [-0.05, 0) is 29.8 Å². The molecule has 0 spiro atoms. The Hall–Kier alpha value is -2.57. The Labute approximate surface area is 161 Å². The zero-order chi connectivity index (χ0) is 18.4. The number of H-pyrrole nitrogens is 1. The first-order chi connectivity index (χ1) is 13.2. The van der Waals surface area contributed by atoms with Crippen molar-refractivity contribution in [3.05, 3.63) is 47.2 Å². The highest BCUT2D eigenvalue weighted by molar-refractivity contribution is 6.31. The van der Waals surface area contributed by atoms with Gasteiger partial charge in [-0.3, -0.25) is 4.79 Å². The predicted octanol–water partition coefficient (Wildman–Crippen LogP) is 2.62. The van der Waals surface area contributed by atoms with Gasteiger partial charge in [0.15, 0.2) is 6.10 Å². The summed E-state index contributed by atoms with van der Waals surface area (Å²) in [6.07, 6.45) is 3.69. The summed E-state index contributed by atoms with van der Waals surface area (Å²) in [7, 11) is 0. The number of rotatable bonds is 2. The highest BCUT2D eigenvalue weighted by Gasteiger charge is 2.35. The molecule has 27 heavy (non-hydrogen) atoms. The molecule has 0 radical (unpaired) electrons. The summed E-state index contributed by atoms with van der Waals surface area (Å²) in [5.74, 6) is 0.804. The van der Waals surface area contributed by atoms with E-state index in [1.54, 1.807) is 6.20 Å². The zero-order valence-corrected chi connectivity index (χ0v) is 15.4. The summed E-state index contributed by atoms with van der Waals surface area (Å²) in [5.41, 5.74) is 3.69. The maximum atomic E-state index is 12.9. The number of pyridine rings is 1. The molecule has 4 heterocycles. The molecule has 2 aromatic heterocycles. The van der Waals surface area contributed by atoms with Crippen LogP contribution in [0.4, 0.5) is 0 Å². The van der Waals surface area contributed by atoms with Gasteiger partial charge in [0, 0.05) is 66.5 Å². The van der Waals surface area contributed by atoms with Gasteiger partial charge in [-0.2, -0.15) is 0 Å². The van der Waals surface area contributed by atoms with Crippen molar-refractivity contribution in [2.24, 2.45) is 0 Å². The molecule has 1 atom stereocenters. The van der Waals surface area contributed by atoms with E-state index >= 15 is 0 Å². The van der Waals surface area contributed by atoms with Crippen molar-refractivity contribution in [3.8, 4) is 16.9 Å². The minimum atomic E-state index is -0.487. The molecule has 7 heteroatoms. The fourth-order valence-corrected chi connectivity index (χ4v) is 4.19. The van der Waals surface area contributed by atoms with Crippen LogP contribution >= 0.6 is 11.6 Å². The number of halogens is 1. The van der Waals surface area contributed by atoms with Crippen LogP contribution in [-0.4, -0.2) is 53.1 Å². The SMILES string of the molecule is O=C([C@@H]1Cc2cc(Cl)cc(-c3ccnc4[nH]ccc34)c2O1)N1CCNCC1. The molecular weight excluding hydrogens is 364 g/mol. The van der Waals surface area contributed by atoms with Gasteiger partial charge in [0.1, 0.15) is 11.4 Å². The largest absolute Gasteiger partial charge is 0.479 e. The van der Waals surface area contributed by atoms with Crippen LogP contribution in [0.5, 0.6) is 5.75 Å². The maximum Gasteiger partial charge on any atom is 0.264 e. The molecule has 2 N–H and O–H groups in total. The van der Waals surface area contributed by atoms with E-state index in [2.05, 4.69) is 15.3 Å². The molecule has 1 aromatic carbocycles. The van der Waals surface area contributed by atoms with E-state index < -0.39 is 6.10 Å². The van der Waals surface area contributed by atoms with E-state index in [-0.39, 0.29) is 5.91 Å².